The van der Waals surface area contributed by atoms with Crippen molar-refractivity contribution in [2.45, 2.75) is 13.3 Å². The third-order valence-corrected chi connectivity index (χ3v) is 4.03. The van der Waals surface area contributed by atoms with Gasteiger partial charge >= 0.3 is 0 Å². The fraction of sp³-hybridized carbons (Fsp3) is 0.125. The third kappa shape index (κ3) is 1.98. The smallest absolute Gasteiger partial charge is 0.0348 e. The van der Waals surface area contributed by atoms with E-state index < -0.39 is 0 Å². The van der Waals surface area contributed by atoms with Crippen LogP contribution in [0.1, 0.15) is 12.5 Å². The largest absolute Gasteiger partial charge is 0.144 e. The van der Waals surface area contributed by atoms with Gasteiger partial charge in [-0.2, -0.15) is 0 Å². The van der Waals surface area contributed by atoms with Crippen molar-refractivity contribution in [2.75, 3.05) is 0 Å². The molecule has 1 heteroatoms. The molecule has 1 aromatic heterocycles. The van der Waals surface area contributed by atoms with Crippen LogP contribution in [0.3, 0.4) is 0 Å². The molecule has 0 radical (unpaired) electrons. The molecule has 2 aromatic carbocycles. The van der Waals surface area contributed by atoms with E-state index in [1.807, 2.05) is 0 Å². The molecule has 3 rings (SSSR count). The first-order chi connectivity index (χ1) is 8.36. The monoisotopic (exact) mass is 238 g/mol. The van der Waals surface area contributed by atoms with Crippen LogP contribution in [-0.4, -0.2) is 0 Å². The average Bonchev–Trinajstić information content (AvgIpc) is 2.86. The zero-order chi connectivity index (χ0) is 11.7. The van der Waals surface area contributed by atoms with Gasteiger partial charge in [0.15, 0.2) is 0 Å². The molecule has 0 aliphatic rings. The van der Waals surface area contributed by atoms with E-state index in [1.54, 1.807) is 11.3 Å². The predicted molar refractivity (Wildman–Crippen MR) is 76.6 cm³/mol. The van der Waals surface area contributed by atoms with Gasteiger partial charge < -0.3 is 0 Å². The van der Waals surface area contributed by atoms with E-state index in [-0.39, 0.29) is 0 Å². The summed E-state index contributed by atoms with van der Waals surface area (Å²) in [6.07, 6.45) is 1.10. The topological polar surface area (TPSA) is 0 Å². The second-order valence-corrected chi connectivity index (χ2v) is 5.17. The van der Waals surface area contributed by atoms with Crippen LogP contribution in [0, 0.1) is 0 Å². The molecule has 0 saturated carbocycles. The van der Waals surface area contributed by atoms with Crippen molar-refractivity contribution >= 4 is 21.4 Å². The summed E-state index contributed by atoms with van der Waals surface area (Å²) in [5, 5.41) is 3.48. The number of benzene rings is 2. The van der Waals surface area contributed by atoms with Crippen molar-refractivity contribution in [2.24, 2.45) is 0 Å². The summed E-state index contributed by atoms with van der Waals surface area (Å²) in [4.78, 5) is 0. The van der Waals surface area contributed by atoms with Crippen LogP contribution in [0.25, 0.3) is 21.2 Å². The van der Waals surface area contributed by atoms with Crippen LogP contribution in [0.2, 0.25) is 0 Å². The van der Waals surface area contributed by atoms with Crippen LogP contribution in [-0.2, 0) is 6.42 Å². The van der Waals surface area contributed by atoms with E-state index in [2.05, 4.69) is 60.8 Å². The van der Waals surface area contributed by atoms with Crippen molar-refractivity contribution in [3.05, 3.63) is 59.5 Å². The maximum atomic E-state index is 2.28. The van der Waals surface area contributed by atoms with E-state index in [0.717, 1.165) is 6.42 Å². The normalized spacial score (nSPS) is 10.9. The Morgan fingerprint density at radius 1 is 0.882 bits per heavy atom. The summed E-state index contributed by atoms with van der Waals surface area (Å²) in [5.41, 5.74) is 4.01. The van der Waals surface area contributed by atoms with Crippen LogP contribution in [0.4, 0.5) is 0 Å². The lowest BCUT2D eigenvalue weighted by Crippen LogP contribution is -1.81. The summed E-state index contributed by atoms with van der Waals surface area (Å²) in [7, 11) is 0. The van der Waals surface area contributed by atoms with Crippen LogP contribution in [0.15, 0.2) is 53.9 Å². The second-order valence-electron chi connectivity index (χ2n) is 4.22. The molecule has 1 heterocycles. The Balaban J connectivity index is 2.06. The molecule has 0 unspecified atom stereocenters. The summed E-state index contributed by atoms with van der Waals surface area (Å²) in [6.45, 7) is 2.19. The SMILES string of the molecule is CCc1ccc(-c2ccc3ccsc3c2)cc1. The molecule has 0 amide bonds. The minimum absolute atomic E-state index is 1.10. The molecule has 0 atom stereocenters. The summed E-state index contributed by atoms with van der Waals surface area (Å²) < 4.78 is 1.36. The first kappa shape index (κ1) is 10.5. The Bertz CT molecular complexity index is 632. The van der Waals surface area contributed by atoms with Crippen molar-refractivity contribution in [3.63, 3.8) is 0 Å². The van der Waals surface area contributed by atoms with Gasteiger partial charge in [-0.3, -0.25) is 0 Å². The Kier molecular flexibility index (Phi) is 2.69. The number of hydrogen-bond acceptors (Lipinski definition) is 1. The van der Waals surface area contributed by atoms with E-state index >= 15 is 0 Å². The molecule has 0 nitrogen and oxygen atoms in total. The van der Waals surface area contributed by atoms with Gasteiger partial charge in [0.05, 0.1) is 0 Å². The molecule has 84 valence electrons. The molecule has 0 spiro atoms. The highest BCUT2D eigenvalue weighted by atomic mass is 32.1. The fourth-order valence-electron chi connectivity index (χ4n) is 2.07. The lowest BCUT2D eigenvalue weighted by atomic mass is 10.0. The highest BCUT2D eigenvalue weighted by Crippen LogP contribution is 2.27. The molecule has 0 N–H and O–H groups in total. The minimum Gasteiger partial charge on any atom is -0.144 e. The van der Waals surface area contributed by atoms with Gasteiger partial charge in [0, 0.05) is 4.70 Å². The zero-order valence-electron chi connectivity index (χ0n) is 9.81. The summed E-state index contributed by atoms with van der Waals surface area (Å²) >= 11 is 1.80. The first-order valence-electron chi connectivity index (χ1n) is 5.93. The van der Waals surface area contributed by atoms with Gasteiger partial charge in [0.1, 0.15) is 0 Å². The minimum atomic E-state index is 1.10. The van der Waals surface area contributed by atoms with Gasteiger partial charge in [0.25, 0.3) is 0 Å². The number of fused-ring (bicyclic) bond motifs is 1. The van der Waals surface area contributed by atoms with Crippen LogP contribution < -0.4 is 0 Å². The standard InChI is InChI=1S/C16H14S/c1-2-12-3-5-13(6-4-12)15-8-7-14-9-10-17-16(14)11-15/h3-11H,2H2,1H3. The second kappa shape index (κ2) is 4.34. The van der Waals surface area contributed by atoms with E-state index in [9.17, 15) is 0 Å². The highest BCUT2D eigenvalue weighted by Gasteiger charge is 2.00. The van der Waals surface area contributed by atoms with Crippen LogP contribution >= 0.6 is 11.3 Å². The maximum absolute atomic E-state index is 2.28. The lowest BCUT2D eigenvalue weighted by molar-refractivity contribution is 1.14. The molecule has 0 fully saturated rings. The highest BCUT2D eigenvalue weighted by molar-refractivity contribution is 7.17. The number of thiophene rings is 1. The van der Waals surface area contributed by atoms with E-state index in [0.29, 0.717) is 0 Å². The number of aryl methyl sites for hydroxylation is 1. The van der Waals surface area contributed by atoms with Gasteiger partial charge in [-0.25, -0.2) is 0 Å². The van der Waals surface area contributed by atoms with Crippen molar-refractivity contribution in [3.8, 4) is 11.1 Å². The quantitative estimate of drug-likeness (QED) is 0.580. The molecule has 0 bridgehead atoms. The lowest BCUT2D eigenvalue weighted by Gasteiger charge is -2.03. The Hall–Kier alpha value is -1.60. The van der Waals surface area contributed by atoms with E-state index in [1.165, 1.54) is 26.8 Å². The van der Waals surface area contributed by atoms with Crippen LogP contribution in [0.5, 0.6) is 0 Å². The molecular weight excluding hydrogens is 224 g/mol. The molecule has 0 aliphatic heterocycles. The number of rotatable bonds is 2. The molecular formula is C16H14S. The summed E-state index contributed by atoms with van der Waals surface area (Å²) in [5.74, 6) is 0. The van der Waals surface area contributed by atoms with Crippen molar-refractivity contribution in [1.29, 1.82) is 0 Å². The van der Waals surface area contributed by atoms with Gasteiger partial charge in [-0.15, -0.1) is 11.3 Å². The van der Waals surface area contributed by atoms with Gasteiger partial charge in [-0.1, -0.05) is 43.3 Å². The molecule has 3 aromatic rings. The van der Waals surface area contributed by atoms with Gasteiger partial charge in [0.2, 0.25) is 0 Å². The van der Waals surface area contributed by atoms with Gasteiger partial charge in [-0.05, 0) is 46.0 Å². The number of hydrogen-bond donors (Lipinski definition) is 0. The van der Waals surface area contributed by atoms with Crippen molar-refractivity contribution in [1.82, 2.24) is 0 Å². The molecule has 0 aliphatic carbocycles. The van der Waals surface area contributed by atoms with E-state index in [4.69, 9.17) is 0 Å². The maximum Gasteiger partial charge on any atom is 0.0348 e. The predicted octanol–water partition coefficient (Wildman–Crippen LogP) is 5.13. The Morgan fingerprint density at radius 3 is 2.41 bits per heavy atom. The zero-order valence-corrected chi connectivity index (χ0v) is 10.6. The fourth-order valence-corrected chi connectivity index (χ4v) is 2.90. The molecule has 0 saturated heterocycles. The van der Waals surface area contributed by atoms with Crippen molar-refractivity contribution < 1.29 is 0 Å². The Labute approximate surface area is 106 Å². The first-order valence-corrected chi connectivity index (χ1v) is 6.81. The Morgan fingerprint density at radius 2 is 1.65 bits per heavy atom. The third-order valence-electron chi connectivity index (χ3n) is 3.15. The summed E-state index contributed by atoms with van der Waals surface area (Å²) in [6, 6.07) is 17.7. The average molecular weight is 238 g/mol. The molecule has 17 heavy (non-hydrogen) atoms.